The Labute approximate surface area is 118 Å². The van der Waals surface area contributed by atoms with Gasteiger partial charge in [-0.3, -0.25) is 4.90 Å². The fourth-order valence-electron chi connectivity index (χ4n) is 3.36. The summed E-state index contributed by atoms with van der Waals surface area (Å²) in [7, 11) is 0. The van der Waals surface area contributed by atoms with Gasteiger partial charge < -0.3 is 15.0 Å². The zero-order chi connectivity index (χ0) is 13.5. The molecule has 0 radical (unpaired) electrons. The minimum atomic E-state index is 0.474. The summed E-state index contributed by atoms with van der Waals surface area (Å²) in [6.07, 6.45) is 4.29. The van der Waals surface area contributed by atoms with Crippen LogP contribution in [-0.4, -0.2) is 74.4 Å². The second-order valence-corrected chi connectivity index (χ2v) is 5.80. The molecule has 112 valence electrons. The van der Waals surface area contributed by atoms with E-state index in [-0.39, 0.29) is 0 Å². The summed E-state index contributed by atoms with van der Waals surface area (Å²) in [6, 6.07) is 0.785. The maximum absolute atomic E-state index is 5.62. The van der Waals surface area contributed by atoms with Gasteiger partial charge in [0.05, 0.1) is 6.10 Å². The smallest absolute Gasteiger partial charge is 0.0700 e. The van der Waals surface area contributed by atoms with Gasteiger partial charge >= 0.3 is 0 Å². The second kappa shape index (κ2) is 8.20. The number of ether oxygens (including phenoxy) is 1. The maximum atomic E-state index is 5.62. The van der Waals surface area contributed by atoms with Crippen LogP contribution in [0, 0.1) is 0 Å². The molecule has 0 aromatic carbocycles. The summed E-state index contributed by atoms with van der Waals surface area (Å²) < 4.78 is 5.62. The summed E-state index contributed by atoms with van der Waals surface area (Å²) in [5, 5.41) is 3.55. The highest BCUT2D eigenvalue weighted by molar-refractivity contribution is 4.83. The third kappa shape index (κ3) is 4.71. The summed E-state index contributed by atoms with van der Waals surface area (Å²) in [4.78, 5) is 5.20. The van der Waals surface area contributed by atoms with E-state index in [4.69, 9.17) is 4.74 Å². The molecular weight excluding hydrogens is 238 g/mol. The zero-order valence-electron chi connectivity index (χ0n) is 12.7. The number of rotatable bonds is 8. The molecule has 2 heterocycles. The van der Waals surface area contributed by atoms with Crippen molar-refractivity contribution in [3.8, 4) is 0 Å². The minimum Gasteiger partial charge on any atom is -0.377 e. The predicted octanol–water partition coefficient (Wildman–Crippen LogP) is 1.17. The highest BCUT2D eigenvalue weighted by atomic mass is 16.5. The molecule has 2 aliphatic heterocycles. The topological polar surface area (TPSA) is 27.7 Å². The predicted molar refractivity (Wildman–Crippen MR) is 79.6 cm³/mol. The van der Waals surface area contributed by atoms with Crippen molar-refractivity contribution in [1.82, 2.24) is 15.1 Å². The van der Waals surface area contributed by atoms with Crippen molar-refractivity contribution in [2.75, 3.05) is 52.4 Å². The quantitative estimate of drug-likeness (QED) is 0.670. The van der Waals surface area contributed by atoms with Crippen molar-refractivity contribution < 1.29 is 4.74 Å². The van der Waals surface area contributed by atoms with E-state index in [1.165, 1.54) is 52.0 Å². The molecule has 0 saturated carbocycles. The monoisotopic (exact) mass is 269 g/mol. The van der Waals surface area contributed by atoms with Crippen LogP contribution in [0.5, 0.6) is 0 Å². The van der Waals surface area contributed by atoms with Gasteiger partial charge in [0.2, 0.25) is 0 Å². The maximum Gasteiger partial charge on any atom is 0.0700 e. The van der Waals surface area contributed by atoms with Crippen molar-refractivity contribution in [2.24, 2.45) is 0 Å². The number of hydrogen-bond donors (Lipinski definition) is 1. The number of nitrogens with zero attached hydrogens (tertiary/aromatic N) is 2. The molecule has 0 bridgehead atoms. The Morgan fingerprint density at radius 2 is 2.11 bits per heavy atom. The lowest BCUT2D eigenvalue weighted by molar-refractivity contribution is 0.109. The molecule has 19 heavy (non-hydrogen) atoms. The molecule has 2 saturated heterocycles. The lowest BCUT2D eigenvalue weighted by Gasteiger charge is -2.26. The summed E-state index contributed by atoms with van der Waals surface area (Å²) in [5.41, 5.74) is 0. The molecule has 0 amide bonds. The van der Waals surface area contributed by atoms with Crippen LogP contribution in [0.4, 0.5) is 0 Å². The number of hydrogen-bond acceptors (Lipinski definition) is 4. The Hall–Kier alpha value is -0.160. The van der Waals surface area contributed by atoms with Crippen molar-refractivity contribution in [3.63, 3.8) is 0 Å². The van der Waals surface area contributed by atoms with Crippen LogP contribution < -0.4 is 5.32 Å². The van der Waals surface area contributed by atoms with Crippen molar-refractivity contribution in [1.29, 1.82) is 0 Å². The van der Waals surface area contributed by atoms with E-state index in [9.17, 15) is 0 Å². The van der Waals surface area contributed by atoms with Crippen LogP contribution in [-0.2, 0) is 4.74 Å². The molecule has 0 spiro atoms. The van der Waals surface area contributed by atoms with Crippen LogP contribution in [0.15, 0.2) is 0 Å². The van der Waals surface area contributed by atoms with Gasteiger partial charge in [-0.15, -0.1) is 0 Å². The van der Waals surface area contributed by atoms with Gasteiger partial charge in [-0.05, 0) is 38.9 Å². The normalized spacial score (nSPS) is 28.6. The van der Waals surface area contributed by atoms with Crippen molar-refractivity contribution >= 4 is 0 Å². The van der Waals surface area contributed by atoms with Crippen LogP contribution in [0.25, 0.3) is 0 Å². The van der Waals surface area contributed by atoms with E-state index in [0.717, 1.165) is 25.7 Å². The first-order valence-electron chi connectivity index (χ1n) is 8.12. The Kier molecular flexibility index (Phi) is 6.57. The number of likely N-dealkylation sites (tertiary alicyclic amines) is 1. The molecule has 2 fully saturated rings. The first kappa shape index (κ1) is 15.2. The van der Waals surface area contributed by atoms with Gasteiger partial charge in [-0.2, -0.15) is 0 Å². The average molecular weight is 269 g/mol. The highest BCUT2D eigenvalue weighted by Crippen LogP contribution is 2.14. The fraction of sp³-hybridized carbons (Fsp3) is 1.00. The molecule has 4 nitrogen and oxygen atoms in total. The molecule has 0 aromatic heterocycles. The van der Waals surface area contributed by atoms with E-state index >= 15 is 0 Å². The van der Waals surface area contributed by atoms with Crippen LogP contribution in [0.1, 0.15) is 33.1 Å². The highest BCUT2D eigenvalue weighted by Gasteiger charge is 2.25. The standard InChI is InChI=1S/C15H31N3O/c1-3-18(4-2)14-7-9-17(13-14)10-8-16-12-15-6-5-11-19-15/h14-16H,3-13H2,1-2H3. The van der Waals surface area contributed by atoms with Crippen LogP contribution in [0.2, 0.25) is 0 Å². The van der Waals surface area contributed by atoms with E-state index in [1.54, 1.807) is 0 Å². The molecule has 2 unspecified atom stereocenters. The first-order chi connectivity index (χ1) is 9.33. The molecule has 4 heteroatoms. The average Bonchev–Trinajstić information content (AvgIpc) is 3.08. The Morgan fingerprint density at radius 3 is 2.79 bits per heavy atom. The molecule has 0 aromatic rings. The lowest BCUT2D eigenvalue weighted by Crippen LogP contribution is -2.39. The third-order valence-electron chi connectivity index (χ3n) is 4.58. The molecule has 2 atom stereocenters. The van der Waals surface area contributed by atoms with E-state index in [1.807, 2.05) is 0 Å². The first-order valence-corrected chi connectivity index (χ1v) is 8.12. The minimum absolute atomic E-state index is 0.474. The van der Waals surface area contributed by atoms with Gasteiger partial charge in [0.15, 0.2) is 0 Å². The van der Waals surface area contributed by atoms with Crippen molar-refractivity contribution in [2.45, 2.75) is 45.3 Å². The van der Waals surface area contributed by atoms with Crippen LogP contribution in [0.3, 0.4) is 0 Å². The summed E-state index contributed by atoms with van der Waals surface area (Å²) >= 11 is 0. The molecule has 2 aliphatic rings. The lowest BCUT2D eigenvalue weighted by atomic mass is 10.2. The van der Waals surface area contributed by atoms with Gasteiger partial charge in [-0.1, -0.05) is 13.8 Å². The number of likely N-dealkylation sites (N-methyl/N-ethyl adjacent to an activating group) is 1. The van der Waals surface area contributed by atoms with E-state index < -0.39 is 0 Å². The third-order valence-corrected chi connectivity index (χ3v) is 4.58. The Balaban J connectivity index is 1.54. The van der Waals surface area contributed by atoms with Crippen molar-refractivity contribution in [3.05, 3.63) is 0 Å². The zero-order valence-corrected chi connectivity index (χ0v) is 12.7. The molecular formula is C15H31N3O. The SMILES string of the molecule is CCN(CC)C1CCN(CCNCC2CCCO2)C1. The van der Waals surface area contributed by atoms with Gasteiger partial charge in [-0.25, -0.2) is 0 Å². The summed E-state index contributed by atoms with van der Waals surface area (Å²) in [6.45, 7) is 13.7. The van der Waals surface area contributed by atoms with E-state index in [2.05, 4.69) is 29.0 Å². The van der Waals surface area contributed by atoms with Gasteiger partial charge in [0, 0.05) is 38.8 Å². The van der Waals surface area contributed by atoms with Gasteiger partial charge in [0.1, 0.15) is 0 Å². The largest absolute Gasteiger partial charge is 0.377 e. The van der Waals surface area contributed by atoms with E-state index in [0.29, 0.717) is 6.10 Å². The Bertz CT molecular complexity index is 240. The number of nitrogens with one attached hydrogen (secondary N) is 1. The molecule has 0 aliphatic carbocycles. The second-order valence-electron chi connectivity index (χ2n) is 5.80. The van der Waals surface area contributed by atoms with Gasteiger partial charge in [0.25, 0.3) is 0 Å². The molecule has 2 rings (SSSR count). The van der Waals surface area contributed by atoms with Crippen LogP contribution >= 0.6 is 0 Å². The Morgan fingerprint density at radius 1 is 1.26 bits per heavy atom. The molecule has 1 N–H and O–H groups in total. The summed E-state index contributed by atoms with van der Waals surface area (Å²) in [5.74, 6) is 0. The fourth-order valence-corrected chi connectivity index (χ4v) is 3.36.